The first-order chi connectivity index (χ1) is 18.5. The molecule has 0 saturated carbocycles. The van der Waals surface area contributed by atoms with E-state index in [-0.39, 0.29) is 30.7 Å². The first-order valence-corrected chi connectivity index (χ1v) is 13.1. The van der Waals surface area contributed by atoms with Crippen molar-refractivity contribution < 1.29 is 43.0 Å². The van der Waals surface area contributed by atoms with Gasteiger partial charge in [-0.1, -0.05) is 11.2 Å². The quantitative estimate of drug-likeness (QED) is 0.0946. The average molecular weight is 570 g/mol. The maximum absolute atomic E-state index is 12.7. The Hall–Kier alpha value is -3.53. The lowest BCUT2D eigenvalue weighted by Crippen LogP contribution is -2.36. The maximum atomic E-state index is 12.7. The lowest BCUT2D eigenvalue weighted by molar-refractivity contribution is -0.0451. The molecule has 1 aromatic carbocycles. The molecule has 4 atom stereocenters. The average Bonchev–Trinajstić information content (AvgIpc) is 3.25. The minimum atomic E-state index is -4.80. The van der Waals surface area contributed by atoms with Crippen molar-refractivity contribution in [2.45, 2.75) is 44.6 Å². The van der Waals surface area contributed by atoms with Crippen LogP contribution in [0.3, 0.4) is 0 Å². The van der Waals surface area contributed by atoms with Crippen LogP contribution in [0.25, 0.3) is 10.4 Å². The number of phosphoric acid groups is 1. The number of hydrogen-bond acceptors (Lipinski definition) is 10. The van der Waals surface area contributed by atoms with Gasteiger partial charge in [-0.2, -0.15) is 0 Å². The van der Waals surface area contributed by atoms with E-state index in [9.17, 15) is 24.1 Å². The van der Waals surface area contributed by atoms with Crippen LogP contribution in [0.1, 0.15) is 35.5 Å². The molecular formula is C21H27N6O11P. The number of nitrogens with zero attached hydrogens (tertiary/aromatic N) is 4. The van der Waals surface area contributed by atoms with Gasteiger partial charge in [0.15, 0.2) is 6.23 Å². The zero-order chi connectivity index (χ0) is 28.6. The number of phosphoric ester groups is 1. The van der Waals surface area contributed by atoms with Crippen LogP contribution in [0.15, 0.2) is 45.2 Å². The summed E-state index contributed by atoms with van der Waals surface area (Å²) in [6.07, 6.45) is -3.21. The van der Waals surface area contributed by atoms with Gasteiger partial charge in [0.05, 0.1) is 24.8 Å². The van der Waals surface area contributed by atoms with Crippen LogP contribution in [0, 0.1) is 0 Å². The van der Waals surface area contributed by atoms with Gasteiger partial charge in [0.1, 0.15) is 24.7 Å². The van der Waals surface area contributed by atoms with Gasteiger partial charge in [-0.15, -0.1) is 0 Å². The fourth-order valence-corrected chi connectivity index (χ4v) is 3.95. The number of azide groups is 1. The largest absolute Gasteiger partial charge is 0.491 e. The van der Waals surface area contributed by atoms with E-state index in [0.29, 0.717) is 12.4 Å². The predicted molar refractivity (Wildman–Crippen MR) is 132 cm³/mol. The van der Waals surface area contributed by atoms with E-state index in [2.05, 4.69) is 24.9 Å². The summed E-state index contributed by atoms with van der Waals surface area (Å²) < 4.78 is 32.5. The molecule has 1 fully saturated rings. The Morgan fingerprint density at radius 2 is 2.18 bits per heavy atom. The summed E-state index contributed by atoms with van der Waals surface area (Å²) in [6.45, 7) is 1.06. The van der Waals surface area contributed by atoms with Crippen LogP contribution < -0.4 is 21.3 Å². The van der Waals surface area contributed by atoms with Crippen molar-refractivity contribution in [3.8, 4) is 5.75 Å². The lowest BCUT2D eigenvalue weighted by Gasteiger charge is -2.17. The van der Waals surface area contributed by atoms with Gasteiger partial charge in [0, 0.05) is 29.7 Å². The zero-order valence-electron chi connectivity index (χ0n) is 20.6. The second-order valence-electron chi connectivity index (χ2n) is 8.18. The lowest BCUT2D eigenvalue weighted by atomic mass is 10.2. The predicted octanol–water partition coefficient (Wildman–Crippen LogP) is 0.276. The Labute approximate surface area is 220 Å². The van der Waals surface area contributed by atoms with Crippen LogP contribution in [-0.4, -0.2) is 68.6 Å². The first kappa shape index (κ1) is 30.0. The molecule has 1 aromatic heterocycles. The Kier molecular flexibility index (Phi) is 10.4. The van der Waals surface area contributed by atoms with Crippen molar-refractivity contribution in [3.05, 3.63) is 72.9 Å². The van der Waals surface area contributed by atoms with Crippen LogP contribution in [0.4, 0.5) is 0 Å². The minimum Gasteiger partial charge on any atom is -0.491 e. The molecule has 212 valence electrons. The number of aliphatic hydroxyl groups is 1. The third-order valence-corrected chi connectivity index (χ3v) is 5.92. The molecule has 3 rings (SSSR count). The number of aliphatic hydroxyl groups excluding tert-OH is 1. The molecule has 0 spiro atoms. The highest BCUT2D eigenvalue weighted by molar-refractivity contribution is 7.46. The highest BCUT2D eigenvalue weighted by Gasteiger charge is 2.37. The van der Waals surface area contributed by atoms with Gasteiger partial charge in [0.2, 0.25) is 0 Å². The molecule has 1 aliphatic rings. The van der Waals surface area contributed by atoms with Gasteiger partial charge >= 0.3 is 13.5 Å². The molecule has 0 radical (unpaired) electrons. The topological polar surface area (TPSA) is 247 Å². The van der Waals surface area contributed by atoms with Crippen molar-refractivity contribution in [1.82, 2.24) is 14.9 Å². The Morgan fingerprint density at radius 3 is 2.87 bits per heavy atom. The normalized spacial score (nSPS) is 19.7. The van der Waals surface area contributed by atoms with Gasteiger partial charge in [-0.3, -0.25) is 23.7 Å². The summed E-state index contributed by atoms with van der Waals surface area (Å²) >= 11 is 0. The van der Waals surface area contributed by atoms with Crippen molar-refractivity contribution >= 4 is 13.7 Å². The van der Waals surface area contributed by atoms with Crippen LogP contribution >= 0.6 is 7.82 Å². The van der Waals surface area contributed by atoms with Crippen molar-refractivity contribution in [1.29, 1.82) is 0 Å². The molecular weight excluding hydrogens is 543 g/mol. The van der Waals surface area contributed by atoms with E-state index < -0.39 is 56.2 Å². The van der Waals surface area contributed by atoms with Crippen LogP contribution in [-0.2, 0) is 25.1 Å². The monoisotopic (exact) mass is 570 g/mol. The number of carbonyl (C=O) groups is 1. The third kappa shape index (κ3) is 8.74. The highest BCUT2D eigenvalue weighted by Crippen LogP contribution is 2.38. The summed E-state index contributed by atoms with van der Waals surface area (Å²) in [5, 5.41) is 16.2. The van der Waals surface area contributed by atoms with Crippen molar-refractivity contribution in [2.75, 3.05) is 19.8 Å². The molecule has 18 heteroatoms. The van der Waals surface area contributed by atoms with Crippen LogP contribution in [0.5, 0.6) is 5.75 Å². The second-order valence-corrected chi connectivity index (χ2v) is 9.42. The number of aromatic amines is 1. The fourth-order valence-electron chi connectivity index (χ4n) is 3.61. The molecule has 5 N–H and O–H groups in total. The fraction of sp³-hybridized carbons (Fsp3) is 0.476. The zero-order valence-corrected chi connectivity index (χ0v) is 21.5. The number of rotatable bonds is 13. The van der Waals surface area contributed by atoms with Crippen molar-refractivity contribution in [3.63, 3.8) is 0 Å². The summed E-state index contributed by atoms with van der Waals surface area (Å²) in [6, 6.07) is 6.10. The highest BCUT2D eigenvalue weighted by atomic mass is 31.2. The summed E-state index contributed by atoms with van der Waals surface area (Å²) in [4.78, 5) is 59.9. The molecule has 1 saturated heterocycles. The van der Waals surface area contributed by atoms with Crippen molar-refractivity contribution in [2.24, 2.45) is 5.11 Å². The molecule has 2 aromatic rings. The third-order valence-electron chi connectivity index (χ3n) is 5.43. The molecule has 2 heterocycles. The Balaban J connectivity index is 1.65. The van der Waals surface area contributed by atoms with E-state index in [1.165, 1.54) is 12.1 Å². The minimum absolute atomic E-state index is 0.00252. The van der Waals surface area contributed by atoms with E-state index in [0.717, 1.165) is 10.8 Å². The molecule has 0 bridgehead atoms. The first-order valence-electron chi connectivity index (χ1n) is 11.6. The summed E-state index contributed by atoms with van der Waals surface area (Å²) in [5.74, 6) is -0.252. The SMILES string of the molecule is CCOC(COc1cccc(C(=O)NCc2cn(C3CC(O)C(COP(=O)(O)O)O3)c(=O)[nH]c2=O)c1)N=[N+]=[N-]. The molecule has 0 aliphatic carbocycles. The maximum Gasteiger partial charge on any atom is 0.469 e. The standard InChI is InChI=1S/C21H27N6O11P/c1-2-35-17(25-26-22)11-36-14-5-3-4-12(6-14)19(29)23-8-13-9-27(21(31)24-20(13)30)18-7-15(28)16(38-18)10-37-39(32,33)34/h3-6,9,15-18,28H,2,7-8,10-11H2,1H3,(H,23,29)(H,24,30,31)(H2,32,33,34). The number of carbonyl (C=O) groups excluding carboxylic acids is 1. The number of benzene rings is 1. The molecule has 17 nitrogen and oxygen atoms in total. The number of aromatic nitrogens is 2. The van der Waals surface area contributed by atoms with Gasteiger partial charge in [0.25, 0.3) is 11.5 Å². The van der Waals surface area contributed by atoms with Gasteiger partial charge < -0.3 is 34.4 Å². The number of hydrogen-bond donors (Lipinski definition) is 5. The number of H-pyrrole nitrogens is 1. The number of ether oxygens (including phenoxy) is 3. The smallest absolute Gasteiger partial charge is 0.469 e. The summed E-state index contributed by atoms with van der Waals surface area (Å²) in [7, 11) is -4.80. The number of nitrogens with one attached hydrogen (secondary N) is 2. The van der Waals surface area contributed by atoms with E-state index in [1.807, 2.05) is 0 Å². The molecule has 1 amide bonds. The molecule has 1 aliphatic heterocycles. The van der Waals surface area contributed by atoms with E-state index >= 15 is 0 Å². The Morgan fingerprint density at radius 1 is 1.41 bits per heavy atom. The van der Waals surface area contributed by atoms with E-state index in [1.54, 1.807) is 19.1 Å². The van der Waals surface area contributed by atoms with Crippen LogP contribution in [0.2, 0.25) is 0 Å². The Bertz CT molecular complexity index is 1370. The van der Waals surface area contributed by atoms with Gasteiger partial charge in [-0.05, 0) is 30.7 Å². The van der Waals surface area contributed by atoms with Gasteiger partial charge in [-0.25, -0.2) is 9.36 Å². The number of amides is 1. The second kappa shape index (κ2) is 13.5. The summed E-state index contributed by atoms with van der Waals surface area (Å²) in [5.41, 5.74) is 7.19. The molecule has 4 unspecified atom stereocenters. The van der Waals surface area contributed by atoms with E-state index in [4.69, 9.17) is 29.5 Å². The molecule has 39 heavy (non-hydrogen) atoms.